The first-order valence-electron chi connectivity index (χ1n) is 7.18. The largest absolute Gasteiger partial charge is 0.485 e. The van der Waals surface area contributed by atoms with E-state index in [-0.39, 0.29) is 5.78 Å². The number of benzene rings is 1. The molecule has 0 aromatic heterocycles. The Hall–Kier alpha value is -2.18. The van der Waals surface area contributed by atoms with Crippen LogP contribution in [0.4, 0.5) is 0 Å². The number of carbonyl (C=O) groups excluding carboxylic acids is 2. The van der Waals surface area contributed by atoms with Gasteiger partial charge < -0.3 is 9.64 Å². The van der Waals surface area contributed by atoms with Crippen LogP contribution in [-0.2, 0) is 4.79 Å². The number of nitrogens with zero attached hydrogens (tertiary/aromatic N) is 1. The van der Waals surface area contributed by atoms with Gasteiger partial charge in [-0.25, -0.2) is 5.48 Å². The summed E-state index contributed by atoms with van der Waals surface area (Å²) >= 11 is 0. The van der Waals surface area contributed by atoms with Crippen molar-refractivity contribution in [3.63, 3.8) is 0 Å². The molecule has 1 unspecified atom stereocenters. The topological polar surface area (TPSA) is 78.9 Å². The van der Waals surface area contributed by atoms with Gasteiger partial charge in [0.1, 0.15) is 11.4 Å². The Morgan fingerprint density at radius 2 is 2.32 bits per heavy atom. The molecule has 0 saturated carbocycles. The van der Waals surface area contributed by atoms with Crippen molar-refractivity contribution in [2.75, 3.05) is 20.1 Å². The Morgan fingerprint density at radius 3 is 3.00 bits per heavy atom. The molecule has 2 aliphatic heterocycles. The summed E-state index contributed by atoms with van der Waals surface area (Å²) in [5.41, 5.74) is 2.38. The Kier molecular flexibility index (Phi) is 3.72. The maximum absolute atomic E-state index is 12.5. The average molecular weight is 302 g/mol. The Labute approximate surface area is 128 Å². The van der Waals surface area contributed by atoms with E-state index in [2.05, 4.69) is 4.90 Å². The highest BCUT2D eigenvalue weighted by Gasteiger charge is 2.44. The van der Waals surface area contributed by atoms with Crippen LogP contribution >= 0.6 is 0 Å². The molecule has 2 N–H and O–H groups in total. The molecule has 116 valence electrons. The zero-order chi connectivity index (χ0) is 15.7. The zero-order valence-electron chi connectivity index (χ0n) is 12.3. The number of Topliss-reactive ketones (excluding diaryl/α,β-unsaturated/α-hetero) is 1. The van der Waals surface area contributed by atoms with E-state index in [0.717, 1.165) is 19.5 Å². The van der Waals surface area contributed by atoms with Gasteiger partial charge in [-0.15, -0.1) is 0 Å². The number of ether oxygens (including phenoxy) is 1. The van der Waals surface area contributed by atoms with Crippen LogP contribution in [0.2, 0.25) is 0 Å². The first-order chi connectivity index (χ1) is 10.5. The Morgan fingerprint density at radius 1 is 1.50 bits per heavy atom. The minimum absolute atomic E-state index is 0.0680. The SMILES string of the molecule is CN1CCC2(CC(=O)c3cc(/C=C/C(=O)NO)ccc3O2)C1. The third kappa shape index (κ3) is 2.75. The lowest BCUT2D eigenvalue weighted by atomic mass is 9.88. The second-order valence-electron chi connectivity index (χ2n) is 5.94. The minimum Gasteiger partial charge on any atom is -0.485 e. The lowest BCUT2D eigenvalue weighted by molar-refractivity contribution is -0.124. The van der Waals surface area contributed by atoms with Crippen LogP contribution in [0.25, 0.3) is 6.08 Å². The van der Waals surface area contributed by atoms with Gasteiger partial charge in [0, 0.05) is 25.6 Å². The molecule has 2 heterocycles. The monoisotopic (exact) mass is 302 g/mol. The van der Waals surface area contributed by atoms with E-state index in [1.165, 1.54) is 17.6 Å². The highest BCUT2D eigenvalue weighted by Crippen LogP contribution is 2.38. The van der Waals surface area contributed by atoms with E-state index < -0.39 is 11.5 Å². The maximum Gasteiger partial charge on any atom is 0.267 e. The molecule has 1 saturated heterocycles. The molecule has 6 heteroatoms. The van der Waals surface area contributed by atoms with Crippen LogP contribution < -0.4 is 10.2 Å². The highest BCUT2D eigenvalue weighted by atomic mass is 16.5. The predicted octanol–water partition coefficient (Wildman–Crippen LogP) is 1.24. The predicted molar refractivity (Wildman–Crippen MR) is 79.8 cm³/mol. The van der Waals surface area contributed by atoms with Crippen molar-refractivity contribution in [2.45, 2.75) is 18.4 Å². The van der Waals surface area contributed by atoms with Crippen LogP contribution in [0, 0.1) is 0 Å². The number of hydrogen-bond donors (Lipinski definition) is 2. The lowest BCUT2D eigenvalue weighted by Crippen LogP contribution is -2.44. The van der Waals surface area contributed by atoms with Gasteiger partial charge in [-0.2, -0.15) is 0 Å². The first kappa shape index (κ1) is 14.7. The zero-order valence-corrected chi connectivity index (χ0v) is 12.3. The smallest absolute Gasteiger partial charge is 0.267 e. The summed E-state index contributed by atoms with van der Waals surface area (Å²) in [6, 6.07) is 5.26. The summed E-state index contributed by atoms with van der Waals surface area (Å²) in [7, 11) is 2.03. The molecule has 1 aromatic rings. The second-order valence-corrected chi connectivity index (χ2v) is 5.94. The van der Waals surface area contributed by atoms with Crippen molar-refractivity contribution >= 4 is 17.8 Å². The summed E-state index contributed by atoms with van der Waals surface area (Å²) < 4.78 is 6.12. The number of ketones is 1. The molecule has 6 nitrogen and oxygen atoms in total. The van der Waals surface area contributed by atoms with Gasteiger partial charge in [-0.1, -0.05) is 6.07 Å². The molecule has 0 aliphatic carbocycles. The molecule has 1 amide bonds. The number of nitrogens with one attached hydrogen (secondary N) is 1. The molecule has 1 fully saturated rings. The van der Waals surface area contributed by atoms with Crippen molar-refractivity contribution in [3.8, 4) is 5.75 Å². The van der Waals surface area contributed by atoms with E-state index >= 15 is 0 Å². The van der Waals surface area contributed by atoms with Gasteiger partial charge in [0.05, 0.1) is 12.0 Å². The van der Waals surface area contributed by atoms with Crippen molar-refractivity contribution in [3.05, 3.63) is 35.4 Å². The lowest BCUT2D eigenvalue weighted by Gasteiger charge is -2.34. The summed E-state index contributed by atoms with van der Waals surface area (Å²) in [6.07, 6.45) is 3.97. The quantitative estimate of drug-likeness (QED) is 0.488. The molecule has 0 bridgehead atoms. The summed E-state index contributed by atoms with van der Waals surface area (Å²) in [5.74, 6) is 0.0574. The number of fused-ring (bicyclic) bond motifs is 1. The van der Waals surface area contributed by atoms with Gasteiger partial charge >= 0.3 is 0 Å². The van der Waals surface area contributed by atoms with Gasteiger partial charge in [-0.05, 0) is 30.8 Å². The van der Waals surface area contributed by atoms with Crippen molar-refractivity contribution in [1.29, 1.82) is 0 Å². The van der Waals surface area contributed by atoms with Crippen LogP contribution in [0.3, 0.4) is 0 Å². The molecule has 0 radical (unpaired) electrons. The summed E-state index contributed by atoms with van der Waals surface area (Å²) in [6.45, 7) is 1.69. The number of rotatable bonds is 2. The number of likely N-dealkylation sites (N-methyl/N-ethyl adjacent to an activating group) is 1. The van der Waals surface area contributed by atoms with Gasteiger partial charge in [0.2, 0.25) is 0 Å². The first-order valence-corrected chi connectivity index (χ1v) is 7.18. The average Bonchev–Trinajstić information content (AvgIpc) is 2.85. The van der Waals surface area contributed by atoms with Crippen LogP contribution in [0.1, 0.15) is 28.8 Å². The van der Waals surface area contributed by atoms with Crippen molar-refractivity contribution in [1.82, 2.24) is 10.4 Å². The standard InChI is InChI=1S/C16H18N2O4/c1-18-7-6-16(10-18)9-13(19)12-8-11(2-4-14(12)22-16)3-5-15(20)17-21/h2-5,8,21H,6-7,9-10H2,1H3,(H,17,20)/b5-3+. The third-order valence-corrected chi connectivity index (χ3v) is 4.16. The number of carbonyl (C=O) groups is 2. The Balaban J connectivity index is 1.85. The van der Waals surface area contributed by atoms with E-state index in [1.54, 1.807) is 18.2 Å². The number of likely N-dealkylation sites (tertiary alicyclic amines) is 1. The van der Waals surface area contributed by atoms with Gasteiger partial charge in [0.25, 0.3) is 5.91 Å². The molecular formula is C16H18N2O4. The summed E-state index contributed by atoms with van der Waals surface area (Å²) in [4.78, 5) is 25.6. The molecule has 22 heavy (non-hydrogen) atoms. The van der Waals surface area contributed by atoms with E-state index in [0.29, 0.717) is 23.3 Å². The second kappa shape index (κ2) is 5.55. The Bertz CT molecular complexity index is 656. The van der Waals surface area contributed by atoms with Crippen molar-refractivity contribution in [2.24, 2.45) is 0 Å². The van der Waals surface area contributed by atoms with E-state index in [1.807, 2.05) is 7.05 Å². The fourth-order valence-corrected chi connectivity index (χ4v) is 3.10. The molecule has 1 spiro atoms. The number of hydrogen-bond acceptors (Lipinski definition) is 5. The molecule has 1 atom stereocenters. The van der Waals surface area contributed by atoms with E-state index in [9.17, 15) is 9.59 Å². The third-order valence-electron chi connectivity index (χ3n) is 4.16. The highest BCUT2D eigenvalue weighted by molar-refractivity contribution is 6.01. The van der Waals surface area contributed by atoms with Gasteiger partial charge in [-0.3, -0.25) is 14.8 Å². The van der Waals surface area contributed by atoms with Crippen LogP contribution in [0.5, 0.6) is 5.75 Å². The molecule has 3 rings (SSSR count). The fraction of sp³-hybridized carbons (Fsp3) is 0.375. The van der Waals surface area contributed by atoms with Crippen molar-refractivity contribution < 1.29 is 19.5 Å². The van der Waals surface area contributed by atoms with Gasteiger partial charge in [0.15, 0.2) is 5.78 Å². The minimum atomic E-state index is -0.617. The molecule has 2 aliphatic rings. The number of hydroxylamine groups is 1. The van der Waals surface area contributed by atoms with Crippen LogP contribution in [-0.4, -0.2) is 47.5 Å². The van der Waals surface area contributed by atoms with E-state index in [4.69, 9.17) is 9.94 Å². The molecule has 1 aromatic carbocycles. The maximum atomic E-state index is 12.5. The molecular weight excluding hydrogens is 284 g/mol. The van der Waals surface area contributed by atoms with Crippen LogP contribution in [0.15, 0.2) is 24.3 Å². The number of amides is 1. The normalized spacial score (nSPS) is 24.5. The fourth-order valence-electron chi connectivity index (χ4n) is 3.10. The summed E-state index contributed by atoms with van der Waals surface area (Å²) in [5, 5.41) is 8.46.